The third-order valence-corrected chi connectivity index (χ3v) is 4.13. The highest BCUT2D eigenvalue weighted by Gasteiger charge is 2.15. The van der Waals surface area contributed by atoms with Crippen LogP contribution in [0.5, 0.6) is 0 Å². The highest BCUT2D eigenvalue weighted by molar-refractivity contribution is 5.77. The number of nitriles is 1. The van der Waals surface area contributed by atoms with Crippen molar-refractivity contribution in [2.75, 3.05) is 0 Å². The van der Waals surface area contributed by atoms with Gasteiger partial charge in [-0.05, 0) is 42.3 Å². The predicted molar refractivity (Wildman–Crippen MR) is 95.8 cm³/mol. The van der Waals surface area contributed by atoms with Gasteiger partial charge < -0.3 is 4.57 Å². The zero-order valence-electron chi connectivity index (χ0n) is 13.7. The minimum Gasteiger partial charge on any atom is -0.304 e. The second-order valence-corrected chi connectivity index (χ2v) is 5.88. The van der Waals surface area contributed by atoms with E-state index in [1.54, 1.807) is 12.4 Å². The largest absolute Gasteiger partial charge is 0.304 e. The normalized spacial score (nSPS) is 10.7. The molecular weight excluding hydrogens is 310 g/mol. The van der Waals surface area contributed by atoms with Gasteiger partial charge in [0.2, 0.25) is 0 Å². The molecule has 5 nitrogen and oxygen atoms in total. The number of hydrogen-bond acceptors (Lipinski definition) is 4. The maximum atomic E-state index is 9.38. The van der Waals surface area contributed by atoms with Crippen molar-refractivity contribution in [3.8, 4) is 17.5 Å². The molecule has 0 saturated carbocycles. The lowest BCUT2D eigenvalue weighted by atomic mass is 10.1. The molecule has 0 radical (unpaired) electrons. The molecule has 25 heavy (non-hydrogen) atoms. The summed E-state index contributed by atoms with van der Waals surface area (Å²) in [6, 6.07) is 15.8. The summed E-state index contributed by atoms with van der Waals surface area (Å²) in [7, 11) is 0. The first-order valence-electron chi connectivity index (χ1n) is 7.97. The van der Waals surface area contributed by atoms with Crippen LogP contribution in [0.15, 0.2) is 61.1 Å². The fourth-order valence-electron chi connectivity index (χ4n) is 2.92. The lowest BCUT2D eigenvalue weighted by molar-refractivity contribution is 0.821. The third kappa shape index (κ3) is 2.74. The molecule has 0 N–H and O–H groups in total. The molecule has 120 valence electrons. The van der Waals surface area contributed by atoms with E-state index in [1.807, 2.05) is 55.6 Å². The summed E-state index contributed by atoms with van der Waals surface area (Å²) in [5, 5.41) is 9.38. The molecule has 0 spiro atoms. The van der Waals surface area contributed by atoms with Crippen LogP contribution in [-0.2, 0) is 6.54 Å². The number of rotatable bonds is 3. The van der Waals surface area contributed by atoms with E-state index in [9.17, 15) is 5.26 Å². The Morgan fingerprint density at radius 1 is 1.12 bits per heavy atom. The summed E-state index contributed by atoms with van der Waals surface area (Å²) < 4.78 is 2.06. The Morgan fingerprint density at radius 3 is 2.72 bits per heavy atom. The number of pyridine rings is 2. The summed E-state index contributed by atoms with van der Waals surface area (Å²) in [6.07, 6.45) is 5.34. The number of hydrogen-bond donors (Lipinski definition) is 0. The van der Waals surface area contributed by atoms with Crippen LogP contribution in [0, 0.1) is 18.3 Å². The maximum Gasteiger partial charge on any atom is 0.160 e. The van der Waals surface area contributed by atoms with Crippen LogP contribution in [0.4, 0.5) is 0 Å². The SMILES string of the molecule is Cc1cnc2c(c1)nc(-c1ccncc1)n2Cc1ccccc1C#N. The Hall–Kier alpha value is -3.52. The lowest BCUT2D eigenvalue weighted by Gasteiger charge is -2.10. The summed E-state index contributed by atoms with van der Waals surface area (Å²) in [5.74, 6) is 0.822. The lowest BCUT2D eigenvalue weighted by Crippen LogP contribution is -2.05. The van der Waals surface area contributed by atoms with Gasteiger partial charge in [0.05, 0.1) is 18.2 Å². The molecule has 0 unspecified atom stereocenters. The van der Waals surface area contributed by atoms with Crippen LogP contribution in [0.3, 0.4) is 0 Å². The highest BCUT2D eigenvalue weighted by Crippen LogP contribution is 2.25. The predicted octanol–water partition coefficient (Wildman–Crippen LogP) is 3.72. The van der Waals surface area contributed by atoms with E-state index in [1.165, 1.54) is 0 Å². The smallest absolute Gasteiger partial charge is 0.160 e. The summed E-state index contributed by atoms with van der Waals surface area (Å²) in [5.41, 5.74) is 5.31. The number of aromatic nitrogens is 4. The fraction of sp³-hybridized carbons (Fsp3) is 0.100. The van der Waals surface area contributed by atoms with Crippen molar-refractivity contribution in [3.63, 3.8) is 0 Å². The molecule has 4 aromatic rings. The summed E-state index contributed by atoms with van der Waals surface area (Å²) in [4.78, 5) is 13.4. The number of benzene rings is 1. The second kappa shape index (κ2) is 6.17. The average molecular weight is 325 g/mol. The summed E-state index contributed by atoms with van der Waals surface area (Å²) in [6.45, 7) is 2.54. The minimum atomic E-state index is 0.536. The van der Waals surface area contributed by atoms with Crippen LogP contribution in [0.2, 0.25) is 0 Å². The van der Waals surface area contributed by atoms with Gasteiger partial charge in [-0.1, -0.05) is 18.2 Å². The van der Waals surface area contributed by atoms with Crippen molar-refractivity contribution in [1.29, 1.82) is 5.26 Å². The van der Waals surface area contributed by atoms with Gasteiger partial charge in [0, 0.05) is 24.2 Å². The van der Waals surface area contributed by atoms with E-state index in [0.717, 1.165) is 33.7 Å². The van der Waals surface area contributed by atoms with Gasteiger partial charge in [-0.2, -0.15) is 5.26 Å². The molecule has 0 amide bonds. The zero-order chi connectivity index (χ0) is 17.2. The van der Waals surface area contributed by atoms with E-state index in [-0.39, 0.29) is 0 Å². The third-order valence-electron chi connectivity index (χ3n) is 4.13. The second-order valence-electron chi connectivity index (χ2n) is 5.88. The first kappa shape index (κ1) is 15.0. The average Bonchev–Trinajstić information content (AvgIpc) is 3.00. The summed E-state index contributed by atoms with van der Waals surface area (Å²) >= 11 is 0. The molecule has 0 atom stereocenters. The Kier molecular flexibility index (Phi) is 3.71. The van der Waals surface area contributed by atoms with Crippen molar-refractivity contribution >= 4 is 11.2 Å². The number of imidazole rings is 1. The van der Waals surface area contributed by atoms with E-state index in [2.05, 4.69) is 20.6 Å². The molecule has 0 bridgehead atoms. The van der Waals surface area contributed by atoms with Crippen molar-refractivity contribution in [3.05, 3.63) is 77.7 Å². The molecule has 1 aromatic carbocycles. The highest BCUT2D eigenvalue weighted by atomic mass is 15.1. The number of nitrogens with zero attached hydrogens (tertiary/aromatic N) is 5. The van der Waals surface area contributed by atoms with E-state index in [0.29, 0.717) is 12.1 Å². The standard InChI is InChI=1S/C20H15N5/c1-14-10-18-20(23-12-14)25(13-17-5-3-2-4-16(17)11-21)19(24-18)15-6-8-22-9-7-15/h2-10,12H,13H2,1H3. The molecule has 0 saturated heterocycles. The Labute approximate surface area is 145 Å². The van der Waals surface area contributed by atoms with Crippen molar-refractivity contribution < 1.29 is 0 Å². The van der Waals surface area contributed by atoms with Crippen LogP contribution < -0.4 is 0 Å². The van der Waals surface area contributed by atoms with Gasteiger partial charge in [0.25, 0.3) is 0 Å². The molecule has 4 rings (SSSR count). The molecule has 0 aliphatic carbocycles. The Morgan fingerprint density at radius 2 is 1.92 bits per heavy atom. The quantitative estimate of drug-likeness (QED) is 0.576. The molecule has 0 aliphatic heterocycles. The van der Waals surface area contributed by atoms with Gasteiger partial charge in [0.15, 0.2) is 5.65 Å². The van der Waals surface area contributed by atoms with Gasteiger partial charge in [0.1, 0.15) is 11.3 Å². The van der Waals surface area contributed by atoms with Crippen LogP contribution in [0.1, 0.15) is 16.7 Å². The Balaban J connectivity index is 1.93. The number of fused-ring (bicyclic) bond motifs is 1. The first-order chi connectivity index (χ1) is 12.3. The molecule has 5 heteroatoms. The Bertz CT molecular complexity index is 1090. The molecule has 3 aromatic heterocycles. The van der Waals surface area contributed by atoms with Crippen LogP contribution in [-0.4, -0.2) is 19.5 Å². The first-order valence-corrected chi connectivity index (χ1v) is 7.97. The van der Waals surface area contributed by atoms with Gasteiger partial charge >= 0.3 is 0 Å². The van der Waals surface area contributed by atoms with Gasteiger partial charge in [-0.25, -0.2) is 9.97 Å². The fourth-order valence-corrected chi connectivity index (χ4v) is 2.92. The van der Waals surface area contributed by atoms with Crippen LogP contribution in [0.25, 0.3) is 22.6 Å². The topological polar surface area (TPSA) is 67.4 Å². The number of aryl methyl sites for hydroxylation is 1. The van der Waals surface area contributed by atoms with Crippen molar-refractivity contribution in [2.24, 2.45) is 0 Å². The molecule has 0 fully saturated rings. The van der Waals surface area contributed by atoms with E-state index >= 15 is 0 Å². The minimum absolute atomic E-state index is 0.536. The molecular formula is C20H15N5. The van der Waals surface area contributed by atoms with Crippen molar-refractivity contribution in [1.82, 2.24) is 19.5 Å². The van der Waals surface area contributed by atoms with E-state index < -0.39 is 0 Å². The van der Waals surface area contributed by atoms with Crippen molar-refractivity contribution in [2.45, 2.75) is 13.5 Å². The molecule has 3 heterocycles. The zero-order valence-corrected chi connectivity index (χ0v) is 13.7. The maximum absolute atomic E-state index is 9.38. The van der Waals surface area contributed by atoms with E-state index in [4.69, 9.17) is 4.98 Å². The van der Waals surface area contributed by atoms with Crippen LogP contribution >= 0.6 is 0 Å². The molecule has 0 aliphatic rings. The van der Waals surface area contributed by atoms with Gasteiger partial charge in [-0.3, -0.25) is 4.98 Å². The van der Waals surface area contributed by atoms with Gasteiger partial charge in [-0.15, -0.1) is 0 Å². The monoisotopic (exact) mass is 325 g/mol.